The predicted octanol–water partition coefficient (Wildman–Crippen LogP) is 2.38. The molecule has 21 heavy (non-hydrogen) atoms. The Morgan fingerprint density at radius 1 is 1.14 bits per heavy atom. The quantitative estimate of drug-likeness (QED) is 0.846. The van der Waals surface area contributed by atoms with E-state index in [2.05, 4.69) is 5.32 Å². The zero-order chi connectivity index (χ0) is 14.4. The lowest BCUT2D eigenvalue weighted by molar-refractivity contribution is -0.146. The minimum atomic E-state index is 0.0639. The first-order valence-corrected chi connectivity index (χ1v) is 8.00. The Kier molecular flexibility index (Phi) is 5.12. The van der Waals surface area contributed by atoms with Crippen LogP contribution in [0.4, 0.5) is 0 Å². The molecule has 3 rings (SSSR count). The fourth-order valence-electron chi connectivity index (χ4n) is 3.25. The summed E-state index contributed by atoms with van der Waals surface area (Å²) in [4.78, 5) is 0. The Balaban J connectivity index is 1.39. The Labute approximate surface area is 126 Å². The van der Waals surface area contributed by atoms with Gasteiger partial charge in [0.25, 0.3) is 0 Å². The minimum Gasteiger partial charge on any atom is -0.491 e. The largest absolute Gasteiger partial charge is 0.491 e. The third kappa shape index (κ3) is 4.19. The van der Waals surface area contributed by atoms with E-state index in [0.717, 1.165) is 51.1 Å². The van der Waals surface area contributed by atoms with Gasteiger partial charge in [-0.1, -0.05) is 18.2 Å². The average Bonchev–Trinajstić information content (AvgIpc) is 2.54. The molecule has 0 aliphatic carbocycles. The van der Waals surface area contributed by atoms with Gasteiger partial charge >= 0.3 is 0 Å². The lowest BCUT2D eigenvalue weighted by atomic mass is 9.84. The first-order valence-electron chi connectivity index (χ1n) is 8.00. The smallest absolute Gasteiger partial charge is 0.119 e. The highest BCUT2D eigenvalue weighted by Crippen LogP contribution is 2.34. The van der Waals surface area contributed by atoms with Crippen LogP contribution in [0.2, 0.25) is 0 Å². The van der Waals surface area contributed by atoms with Crippen LogP contribution in [0.15, 0.2) is 30.3 Å². The maximum absolute atomic E-state index is 6.06. The lowest BCUT2D eigenvalue weighted by Crippen LogP contribution is -2.49. The fraction of sp³-hybridized carbons (Fsp3) is 0.647. The van der Waals surface area contributed by atoms with Gasteiger partial charge in [-0.05, 0) is 44.5 Å². The van der Waals surface area contributed by atoms with Gasteiger partial charge < -0.3 is 19.5 Å². The zero-order valence-corrected chi connectivity index (χ0v) is 12.6. The lowest BCUT2D eigenvalue weighted by Gasteiger charge is -2.43. The summed E-state index contributed by atoms with van der Waals surface area (Å²) in [5, 5.41) is 3.40. The van der Waals surface area contributed by atoms with Crippen molar-refractivity contribution in [1.82, 2.24) is 5.32 Å². The molecule has 4 nitrogen and oxygen atoms in total. The molecular formula is C17H25NO3. The normalized spacial score (nSPS) is 24.9. The van der Waals surface area contributed by atoms with E-state index in [9.17, 15) is 0 Å². The molecule has 2 aliphatic heterocycles. The van der Waals surface area contributed by atoms with Crippen LogP contribution in [0.1, 0.15) is 25.7 Å². The van der Waals surface area contributed by atoms with Crippen molar-refractivity contribution in [2.24, 2.45) is 0 Å². The van der Waals surface area contributed by atoms with Gasteiger partial charge in [-0.25, -0.2) is 0 Å². The van der Waals surface area contributed by atoms with E-state index in [4.69, 9.17) is 14.2 Å². The molecule has 0 aromatic heterocycles. The summed E-state index contributed by atoms with van der Waals surface area (Å²) in [6.07, 6.45) is 4.55. The SMILES string of the molecule is c1ccc(OCCOC2CCOC3(CCNCC3)C2)cc1. The van der Waals surface area contributed by atoms with Crippen LogP contribution in [0.25, 0.3) is 0 Å². The molecule has 2 saturated heterocycles. The van der Waals surface area contributed by atoms with Crippen molar-refractivity contribution in [3.63, 3.8) is 0 Å². The molecule has 1 aromatic rings. The van der Waals surface area contributed by atoms with Crippen LogP contribution < -0.4 is 10.1 Å². The first-order chi connectivity index (χ1) is 10.4. The van der Waals surface area contributed by atoms with E-state index in [-0.39, 0.29) is 5.60 Å². The molecular weight excluding hydrogens is 266 g/mol. The molecule has 0 saturated carbocycles. The van der Waals surface area contributed by atoms with Crippen molar-refractivity contribution in [2.75, 3.05) is 32.9 Å². The number of benzene rings is 1. The maximum Gasteiger partial charge on any atom is 0.119 e. The van der Waals surface area contributed by atoms with E-state index >= 15 is 0 Å². The van der Waals surface area contributed by atoms with E-state index in [1.807, 2.05) is 30.3 Å². The van der Waals surface area contributed by atoms with Gasteiger partial charge in [-0.2, -0.15) is 0 Å². The van der Waals surface area contributed by atoms with Crippen LogP contribution >= 0.6 is 0 Å². The van der Waals surface area contributed by atoms with Crippen LogP contribution in [0, 0.1) is 0 Å². The molecule has 2 heterocycles. The van der Waals surface area contributed by atoms with Crippen molar-refractivity contribution in [3.05, 3.63) is 30.3 Å². The van der Waals surface area contributed by atoms with Crippen LogP contribution in [-0.2, 0) is 9.47 Å². The standard InChI is InChI=1S/C17H25NO3/c1-2-4-15(5-3-1)19-12-13-20-16-6-11-21-17(14-16)7-9-18-10-8-17/h1-5,16,18H,6-14H2. The molecule has 0 bridgehead atoms. The molecule has 4 heteroatoms. The van der Waals surface area contributed by atoms with E-state index in [1.54, 1.807) is 0 Å². The fourth-order valence-corrected chi connectivity index (χ4v) is 3.25. The van der Waals surface area contributed by atoms with Crippen LogP contribution in [-0.4, -0.2) is 44.6 Å². The summed E-state index contributed by atoms with van der Waals surface area (Å²) < 4.78 is 17.7. The number of hydrogen-bond donors (Lipinski definition) is 1. The molecule has 1 aromatic carbocycles. The Morgan fingerprint density at radius 3 is 2.76 bits per heavy atom. The zero-order valence-electron chi connectivity index (χ0n) is 12.6. The third-order valence-corrected chi connectivity index (χ3v) is 4.41. The monoisotopic (exact) mass is 291 g/mol. The summed E-state index contributed by atoms with van der Waals surface area (Å²) in [6, 6.07) is 9.89. The minimum absolute atomic E-state index is 0.0639. The van der Waals surface area contributed by atoms with Crippen molar-refractivity contribution in [3.8, 4) is 5.75 Å². The summed E-state index contributed by atoms with van der Waals surface area (Å²) in [6.45, 7) is 4.20. The van der Waals surface area contributed by atoms with Gasteiger partial charge in [0.2, 0.25) is 0 Å². The first kappa shape index (κ1) is 14.8. The molecule has 2 aliphatic rings. The van der Waals surface area contributed by atoms with Crippen molar-refractivity contribution < 1.29 is 14.2 Å². The van der Waals surface area contributed by atoms with Crippen molar-refractivity contribution in [2.45, 2.75) is 37.4 Å². The maximum atomic E-state index is 6.06. The molecule has 116 valence electrons. The van der Waals surface area contributed by atoms with Gasteiger partial charge in [0.15, 0.2) is 0 Å². The second kappa shape index (κ2) is 7.25. The molecule has 1 N–H and O–H groups in total. The molecule has 0 radical (unpaired) electrons. The number of hydrogen-bond acceptors (Lipinski definition) is 4. The summed E-state index contributed by atoms with van der Waals surface area (Å²) >= 11 is 0. The van der Waals surface area contributed by atoms with Gasteiger partial charge in [0.1, 0.15) is 12.4 Å². The summed E-state index contributed by atoms with van der Waals surface area (Å²) in [5.41, 5.74) is 0.0639. The Bertz CT molecular complexity index is 412. The third-order valence-electron chi connectivity index (χ3n) is 4.41. The molecule has 1 atom stereocenters. The topological polar surface area (TPSA) is 39.7 Å². The van der Waals surface area contributed by atoms with Crippen molar-refractivity contribution >= 4 is 0 Å². The molecule has 1 spiro atoms. The average molecular weight is 291 g/mol. The van der Waals surface area contributed by atoms with E-state index in [0.29, 0.717) is 19.3 Å². The van der Waals surface area contributed by atoms with Crippen LogP contribution in [0.5, 0.6) is 5.75 Å². The van der Waals surface area contributed by atoms with Gasteiger partial charge in [-0.15, -0.1) is 0 Å². The van der Waals surface area contributed by atoms with Gasteiger partial charge in [0, 0.05) is 13.0 Å². The Hall–Kier alpha value is -1.10. The number of nitrogens with one attached hydrogen (secondary N) is 1. The highest BCUT2D eigenvalue weighted by atomic mass is 16.5. The molecule has 0 amide bonds. The van der Waals surface area contributed by atoms with Crippen LogP contribution in [0.3, 0.4) is 0 Å². The number of rotatable bonds is 5. The molecule has 1 unspecified atom stereocenters. The number of para-hydroxylation sites is 1. The highest BCUT2D eigenvalue weighted by Gasteiger charge is 2.38. The van der Waals surface area contributed by atoms with E-state index < -0.39 is 0 Å². The number of ether oxygens (including phenoxy) is 3. The Morgan fingerprint density at radius 2 is 1.95 bits per heavy atom. The highest BCUT2D eigenvalue weighted by molar-refractivity contribution is 5.20. The second-order valence-electron chi connectivity index (χ2n) is 5.93. The second-order valence-corrected chi connectivity index (χ2v) is 5.93. The van der Waals surface area contributed by atoms with E-state index in [1.165, 1.54) is 0 Å². The molecule has 2 fully saturated rings. The number of piperidine rings is 1. The van der Waals surface area contributed by atoms with Crippen molar-refractivity contribution in [1.29, 1.82) is 0 Å². The summed E-state index contributed by atoms with van der Waals surface area (Å²) in [5.74, 6) is 0.905. The van der Waals surface area contributed by atoms with Gasteiger partial charge in [0.05, 0.1) is 18.3 Å². The summed E-state index contributed by atoms with van der Waals surface area (Å²) in [7, 11) is 0. The van der Waals surface area contributed by atoms with Gasteiger partial charge in [-0.3, -0.25) is 0 Å². The predicted molar refractivity (Wildman–Crippen MR) is 81.7 cm³/mol.